The Kier molecular flexibility index (Phi) is 30.1. The van der Waals surface area contributed by atoms with Crippen molar-refractivity contribution < 1.29 is 0 Å². The minimum Gasteiger partial charge on any atom is -0.306 e. The van der Waals surface area contributed by atoms with Crippen molar-refractivity contribution in [2.24, 2.45) is 0 Å². The summed E-state index contributed by atoms with van der Waals surface area (Å²) < 4.78 is 0. The molecule has 0 bridgehead atoms. The molecule has 0 aromatic heterocycles. The van der Waals surface area contributed by atoms with E-state index >= 15 is 0 Å². The second kappa shape index (κ2) is 35.2. The molecule has 1 aliphatic rings. The third-order valence-corrected chi connectivity index (χ3v) is 44.5. The van der Waals surface area contributed by atoms with Gasteiger partial charge in [0, 0.05) is 23.9 Å². The van der Waals surface area contributed by atoms with Crippen molar-refractivity contribution in [3.05, 3.63) is 119 Å². The lowest BCUT2D eigenvalue weighted by atomic mass is 9.85. The Balaban J connectivity index is 1.62. The Hall–Kier alpha value is -2.33. The lowest BCUT2D eigenvalue weighted by Crippen LogP contribution is -2.47. The Bertz CT molecular complexity index is 1890. The van der Waals surface area contributed by atoms with Crippen LogP contribution < -0.4 is 20.7 Å². The summed E-state index contributed by atoms with van der Waals surface area (Å²) in [5.41, 5.74) is 6.19. The zero-order valence-corrected chi connectivity index (χ0v) is 59.1. The molecule has 0 N–H and O–H groups in total. The molecule has 4 aromatic carbocycles. The summed E-state index contributed by atoms with van der Waals surface area (Å²) in [7, 11) is -1.61. The first-order valence-electron chi connectivity index (χ1n) is 34.7. The summed E-state index contributed by atoms with van der Waals surface area (Å²) in [6.45, 7) is 31.6. The number of rotatable bonds is 40. The van der Waals surface area contributed by atoms with Crippen LogP contribution in [0, 0.1) is 0 Å². The Morgan fingerprint density at radius 1 is 0.300 bits per heavy atom. The van der Waals surface area contributed by atoms with E-state index in [1.54, 1.807) is 43.0 Å². The highest BCUT2D eigenvalue weighted by atomic mass is 28.3. The van der Waals surface area contributed by atoms with Crippen LogP contribution in [0.2, 0.25) is 72.5 Å². The summed E-state index contributed by atoms with van der Waals surface area (Å²) in [4.78, 5) is 5.58. The monoisotopic (exact) mass is 1150 g/mol. The normalized spacial score (nSPS) is 15.8. The van der Waals surface area contributed by atoms with Crippen molar-refractivity contribution in [2.75, 3.05) is 27.2 Å². The number of nitrogens with zero attached hydrogens (tertiary/aromatic N) is 2. The molecular weight excluding hydrogens is 1030 g/mol. The predicted octanol–water partition coefficient (Wildman–Crippen LogP) is 20.1. The van der Waals surface area contributed by atoms with Gasteiger partial charge in [-0.2, -0.15) is 0 Å². The molecule has 1 saturated carbocycles. The molecule has 4 aromatic rings. The predicted molar refractivity (Wildman–Crippen MR) is 373 cm³/mol. The van der Waals surface area contributed by atoms with Crippen LogP contribution in [0.5, 0.6) is 0 Å². The van der Waals surface area contributed by atoms with Gasteiger partial charge in [-0.15, -0.1) is 0 Å². The van der Waals surface area contributed by atoms with E-state index in [2.05, 4.69) is 204 Å². The first-order chi connectivity index (χ1) is 38.8. The van der Waals surface area contributed by atoms with Crippen LogP contribution in [-0.2, 0) is 0 Å². The van der Waals surface area contributed by atoms with Gasteiger partial charge in [0.05, 0.1) is 32.3 Å². The Morgan fingerprint density at radius 3 is 0.662 bits per heavy atom. The van der Waals surface area contributed by atoms with Crippen molar-refractivity contribution in [3.63, 3.8) is 0 Å². The highest BCUT2D eigenvalue weighted by Gasteiger charge is 2.37. The molecule has 0 aliphatic heterocycles. The SMILES string of the molecule is CCC[Si](CCC)(CCC)c1ccc(C(CCN(CCC(c2ccc([Si](CCC)(CCC)CCC)cc2)c2ccc([Si](CCC)(CCC)CCC)cc2)C2CCC(N(C)C)CC2)c2ccc([Si](CCC)(CCC)CCC)cc2)cc1. The molecule has 448 valence electrons. The maximum absolute atomic E-state index is 3.06. The number of hydrogen-bond donors (Lipinski definition) is 0. The molecule has 0 radical (unpaired) electrons. The topological polar surface area (TPSA) is 6.48 Å². The molecule has 0 saturated heterocycles. The van der Waals surface area contributed by atoms with E-state index in [1.165, 1.54) is 188 Å². The van der Waals surface area contributed by atoms with Crippen LogP contribution >= 0.6 is 0 Å². The third kappa shape index (κ3) is 17.9. The van der Waals surface area contributed by atoms with Gasteiger partial charge in [0.1, 0.15) is 0 Å². The molecule has 80 heavy (non-hydrogen) atoms. The minimum absolute atomic E-state index is 0.381. The molecule has 1 aliphatic carbocycles. The van der Waals surface area contributed by atoms with Gasteiger partial charge in [0.25, 0.3) is 0 Å². The number of hydrogen-bond acceptors (Lipinski definition) is 2. The van der Waals surface area contributed by atoms with Crippen LogP contribution in [0.1, 0.15) is 233 Å². The number of benzene rings is 4. The maximum atomic E-state index is 3.06. The van der Waals surface area contributed by atoms with E-state index in [0.29, 0.717) is 23.9 Å². The van der Waals surface area contributed by atoms with Gasteiger partial charge >= 0.3 is 0 Å². The fourth-order valence-electron chi connectivity index (χ4n) is 17.3. The second-order valence-electron chi connectivity index (χ2n) is 26.8. The van der Waals surface area contributed by atoms with Gasteiger partial charge in [-0.3, -0.25) is 0 Å². The highest BCUT2D eigenvalue weighted by molar-refractivity contribution is 6.93. The first-order valence-corrected chi connectivity index (χ1v) is 45.1. The smallest absolute Gasteiger partial charge is 0.0866 e. The lowest BCUT2D eigenvalue weighted by Gasteiger charge is -2.40. The average molecular weight is 1160 g/mol. The lowest BCUT2D eigenvalue weighted by molar-refractivity contribution is 0.113. The molecule has 2 nitrogen and oxygen atoms in total. The van der Waals surface area contributed by atoms with Gasteiger partial charge in [-0.1, -0.05) is 350 Å². The summed E-state index contributed by atoms with van der Waals surface area (Å²) >= 11 is 0. The molecule has 0 atom stereocenters. The highest BCUT2D eigenvalue weighted by Crippen LogP contribution is 2.37. The van der Waals surface area contributed by atoms with Crippen molar-refractivity contribution in [3.8, 4) is 0 Å². The van der Waals surface area contributed by atoms with Crippen LogP contribution in [-0.4, -0.2) is 81.4 Å². The zero-order chi connectivity index (χ0) is 58.0. The Labute approximate surface area is 501 Å². The molecule has 1 fully saturated rings. The fourth-order valence-corrected chi connectivity index (χ4v) is 38.8. The zero-order valence-electron chi connectivity index (χ0n) is 55.1. The summed E-state index contributed by atoms with van der Waals surface area (Å²) in [5, 5.41) is 6.91. The van der Waals surface area contributed by atoms with E-state index in [9.17, 15) is 0 Å². The summed E-state index contributed by atoms with van der Waals surface area (Å²) in [5.74, 6) is 0.762. The van der Waals surface area contributed by atoms with E-state index in [-0.39, 0.29) is 0 Å². The van der Waals surface area contributed by atoms with E-state index < -0.39 is 32.3 Å². The van der Waals surface area contributed by atoms with Crippen molar-refractivity contribution in [1.29, 1.82) is 0 Å². The minimum atomic E-state index is -1.56. The van der Waals surface area contributed by atoms with Crippen LogP contribution in [0.15, 0.2) is 97.1 Å². The largest absolute Gasteiger partial charge is 0.306 e. The maximum Gasteiger partial charge on any atom is 0.0866 e. The van der Waals surface area contributed by atoms with Crippen LogP contribution in [0.25, 0.3) is 0 Å². The van der Waals surface area contributed by atoms with Crippen molar-refractivity contribution in [2.45, 2.75) is 295 Å². The van der Waals surface area contributed by atoms with Gasteiger partial charge in [0.2, 0.25) is 0 Å². The van der Waals surface area contributed by atoms with E-state index in [0.717, 1.165) is 13.1 Å². The quantitative estimate of drug-likeness (QED) is 0.0410. The van der Waals surface area contributed by atoms with Crippen molar-refractivity contribution in [1.82, 2.24) is 9.80 Å². The van der Waals surface area contributed by atoms with Crippen LogP contribution in [0.3, 0.4) is 0 Å². The van der Waals surface area contributed by atoms with Gasteiger partial charge in [0.15, 0.2) is 0 Å². The van der Waals surface area contributed by atoms with E-state index in [4.69, 9.17) is 0 Å². The standard InChI is InChI=1S/C74H126N2Si4/c1-15-51-77(52-16-2,53-17-3)69-39-27-63(28-40-69)73(64-29-41-70(42-30-64)78(54-18-4,55-19-5)56-20-6)47-49-76(68-37-35-67(36-38-68)75(13)14)50-48-74(65-31-43-71(44-32-65)79(57-21-7,58-22-8)59-23-9)66-33-45-72(46-34-66)80(60-24-10,61-25-11)62-26-12/h27-34,39-46,67-68,73-74H,15-26,35-38,47-62H2,1-14H3. The molecule has 6 heteroatoms. The molecule has 0 unspecified atom stereocenters. The molecule has 0 spiro atoms. The second-order valence-corrected chi connectivity index (χ2v) is 45.3. The Morgan fingerprint density at radius 2 is 0.487 bits per heavy atom. The van der Waals surface area contributed by atoms with Crippen molar-refractivity contribution >= 4 is 53.0 Å². The van der Waals surface area contributed by atoms with Crippen LogP contribution in [0.4, 0.5) is 0 Å². The molecular formula is C74H126N2Si4. The molecule has 0 heterocycles. The fraction of sp³-hybridized carbons (Fsp3) is 0.676. The van der Waals surface area contributed by atoms with Gasteiger partial charge in [-0.25, -0.2) is 0 Å². The molecule has 0 amide bonds. The third-order valence-electron chi connectivity index (χ3n) is 20.8. The van der Waals surface area contributed by atoms with Gasteiger partial charge in [-0.05, 0) is 88.0 Å². The summed E-state index contributed by atoms with van der Waals surface area (Å²) in [6.07, 6.45) is 23.3. The van der Waals surface area contributed by atoms with Gasteiger partial charge < -0.3 is 9.80 Å². The molecule has 5 rings (SSSR count). The van der Waals surface area contributed by atoms with E-state index in [1.807, 2.05) is 0 Å². The first kappa shape index (κ1) is 68.4. The summed E-state index contributed by atoms with van der Waals surface area (Å²) in [6, 6.07) is 60.8. The average Bonchev–Trinajstić information content (AvgIpc) is 3.49.